The fraction of sp³-hybridized carbons (Fsp3) is 0.350. The van der Waals surface area contributed by atoms with Crippen LogP contribution in [0.25, 0.3) is 22.0 Å². The maximum Gasteiger partial charge on any atom is 0.272 e. The summed E-state index contributed by atoms with van der Waals surface area (Å²) in [4.78, 5) is 18.4. The van der Waals surface area contributed by atoms with Gasteiger partial charge < -0.3 is 5.32 Å². The van der Waals surface area contributed by atoms with E-state index in [-0.39, 0.29) is 25.0 Å². The monoisotopic (exact) mass is 383 g/mol. The molecule has 0 unspecified atom stereocenters. The summed E-state index contributed by atoms with van der Waals surface area (Å²) < 4.78 is 26.1. The van der Waals surface area contributed by atoms with Crippen molar-refractivity contribution in [2.75, 3.05) is 13.1 Å². The first-order valence-corrected chi connectivity index (χ1v) is 9.30. The second-order valence-corrected chi connectivity index (χ2v) is 7.66. The Labute approximate surface area is 159 Å². The average molecular weight is 383 g/mol. The number of aromatic nitrogens is 3. The Kier molecular flexibility index (Phi) is 3.90. The molecule has 6 nitrogen and oxygen atoms in total. The summed E-state index contributed by atoms with van der Waals surface area (Å²) in [5, 5.41) is 10.8. The van der Waals surface area contributed by atoms with Crippen LogP contribution in [-0.4, -0.2) is 51.0 Å². The summed E-state index contributed by atoms with van der Waals surface area (Å²) in [7, 11) is 0. The molecule has 1 amide bonds. The van der Waals surface area contributed by atoms with Crippen molar-refractivity contribution in [2.45, 2.75) is 31.4 Å². The van der Waals surface area contributed by atoms with Crippen LogP contribution < -0.4 is 5.32 Å². The number of aromatic amines is 1. The molecule has 2 aliphatic rings. The first-order chi connectivity index (χ1) is 13.5. The molecule has 1 saturated heterocycles. The molecule has 2 fully saturated rings. The highest BCUT2D eigenvalue weighted by molar-refractivity contribution is 6.05. The Bertz CT molecular complexity index is 1050. The second kappa shape index (κ2) is 6.34. The molecular weight excluding hydrogens is 364 g/mol. The van der Waals surface area contributed by atoms with Crippen LogP contribution in [0, 0.1) is 0 Å². The summed E-state index contributed by atoms with van der Waals surface area (Å²) in [6, 6.07) is 7.95. The van der Waals surface area contributed by atoms with E-state index in [4.69, 9.17) is 0 Å². The van der Waals surface area contributed by atoms with Crippen LogP contribution in [0.2, 0.25) is 0 Å². The summed E-state index contributed by atoms with van der Waals surface area (Å²) in [5.41, 5.74) is 3.83. The van der Waals surface area contributed by atoms with E-state index in [9.17, 15) is 13.6 Å². The molecule has 0 spiro atoms. The Balaban J connectivity index is 1.41. The van der Waals surface area contributed by atoms with Gasteiger partial charge in [0, 0.05) is 35.9 Å². The molecule has 1 aliphatic heterocycles. The fourth-order valence-electron chi connectivity index (χ4n) is 3.56. The van der Waals surface area contributed by atoms with Gasteiger partial charge in [0.05, 0.1) is 18.6 Å². The van der Waals surface area contributed by atoms with Crippen molar-refractivity contribution >= 4 is 16.8 Å². The van der Waals surface area contributed by atoms with Crippen molar-refractivity contribution < 1.29 is 13.6 Å². The number of rotatable bonds is 5. The van der Waals surface area contributed by atoms with Crippen LogP contribution in [0.15, 0.2) is 36.7 Å². The van der Waals surface area contributed by atoms with E-state index in [1.807, 2.05) is 24.3 Å². The normalized spacial score (nSPS) is 18.8. The van der Waals surface area contributed by atoms with Gasteiger partial charge in [-0.1, -0.05) is 6.07 Å². The van der Waals surface area contributed by atoms with Crippen LogP contribution in [0.1, 0.15) is 28.9 Å². The number of pyridine rings is 1. The Morgan fingerprint density at radius 1 is 1.21 bits per heavy atom. The number of H-pyrrole nitrogens is 1. The summed E-state index contributed by atoms with van der Waals surface area (Å²) >= 11 is 0. The van der Waals surface area contributed by atoms with E-state index in [2.05, 4.69) is 20.5 Å². The highest BCUT2D eigenvalue weighted by Crippen LogP contribution is 2.30. The minimum absolute atomic E-state index is 0.170. The Hall–Kier alpha value is -2.87. The largest absolute Gasteiger partial charge is 0.348 e. The third kappa shape index (κ3) is 3.35. The molecule has 3 heterocycles. The predicted molar refractivity (Wildman–Crippen MR) is 100 cm³/mol. The minimum Gasteiger partial charge on any atom is -0.348 e. The SMILES string of the molecule is O=C(NC1CC1)c1n[nH]c2ccc(-c3cncc(CN4CC(F)(F)C4)c3)cc12. The standard InChI is InChI=1S/C20H19F2N5O/c21-20(22)10-27(11-20)9-12-5-14(8-23-7-12)13-1-4-17-16(6-13)18(26-25-17)19(28)24-15-2-3-15/h1,4-8,15H,2-3,9-11H2,(H,24,28)(H,25,26). The molecule has 2 aromatic heterocycles. The van der Waals surface area contributed by atoms with Crippen LogP contribution in [0.4, 0.5) is 8.78 Å². The van der Waals surface area contributed by atoms with Crippen LogP contribution in [-0.2, 0) is 6.54 Å². The zero-order valence-corrected chi connectivity index (χ0v) is 15.1. The van der Waals surface area contributed by atoms with Crippen LogP contribution in [0.3, 0.4) is 0 Å². The van der Waals surface area contributed by atoms with Crippen molar-refractivity contribution in [3.8, 4) is 11.1 Å². The number of hydrogen-bond donors (Lipinski definition) is 2. The number of carbonyl (C=O) groups is 1. The molecule has 1 saturated carbocycles. The van der Waals surface area contributed by atoms with Gasteiger partial charge in [0.15, 0.2) is 5.69 Å². The highest BCUT2D eigenvalue weighted by Gasteiger charge is 2.43. The van der Waals surface area contributed by atoms with Crippen LogP contribution in [0.5, 0.6) is 0 Å². The molecule has 28 heavy (non-hydrogen) atoms. The lowest BCUT2D eigenvalue weighted by atomic mass is 10.0. The first kappa shape index (κ1) is 17.2. The lowest BCUT2D eigenvalue weighted by Gasteiger charge is -2.38. The van der Waals surface area contributed by atoms with E-state index in [0.29, 0.717) is 12.2 Å². The number of nitrogens with zero attached hydrogens (tertiary/aromatic N) is 3. The van der Waals surface area contributed by atoms with Gasteiger partial charge in [-0.2, -0.15) is 5.10 Å². The summed E-state index contributed by atoms with van der Waals surface area (Å²) in [6.45, 7) is 0.0226. The number of hydrogen-bond acceptors (Lipinski definition) is 4. The van der Waals surface area contributed by atoms with E-state index in [1.165, 1.54) is 0 Å². The number of nitrogens with one attached hydrogen (secondary N) is 2. The van der Waals surface area contributed by atoms with E-state index in [0.717, 1.165) is 40.4 Å². The minimum atomic E-state index is -2.57. The lowest BCUT2D eigenvalue weighted by molar-refractivity contribution is -0.133. The van der Waals surface area contributed by atoms with Gasteiger partial charge in [-0.05, 0) is 42.2 Å². The molecule has 0 bridgehead atoms. The number of likely N-dealkylation sites (tertiary alicyclic amines) is 1. The molecule has 0 atom stereocenters. The van der Waals surface area contributed by atoms with Gasteiger partial charge >= 0.3 is 0 Å². The zero-order chi connectivity index (χ0) is 19.3. The smallest absolute Gasteiger partial charge is 0.272 e. The zero-order valence-electron chi connectivity index (χ0n) is 15.1. The number of benzene rings is 1. The molecule has 2 N–H and O–H groups in total. The topological polar surface area (TPSA) is 73.9 Å². The van der Waals surface area contributed by atoms with Crippen molar-refractivity contribution in [2.24, 2.45) is 0 Å². The van der Waals surface area contributed by atoms with E-state index in [1.54, 1.807) is 17.3 Å². The van der Waals surface area contributed by atoms with Gasteiger partial charge in [0.2, 0.25) is 0 Å². The van der Waals surface area contributed by atoms with Gasteiger partial charge in [0.25, 0.3) is 11.8 Å². The summed E-state index contributed by atoms with van der Waals surface area (Å²) in [6.07, 6.45) is 5.46. The maximum atomic E-state index is 13.0. The second-order valence-electron chi connectivity index (χ2n) is 7.66. The Morgan fingerprint density at radius 3 is 2.79 bits per heavy atom. The molecular formula is C20H19F2N5O. The molecule has 0 radical (unpaired) electrons. The van der Waals surface area contributed by atoms with Crippen molar-refractivity contribution in [3.63, 3.8) is 0 Å². The average Bonchev–Trinajstić information content (AvgIpc) is 3.35. The van der Waals surface area contributed by atoms with Gasteiger partial charge in [-0.25, -0.2) is 8.78 Å². The molecule has 3 aromatic rings. The quantitative estimate of drug-likeness (QED) is 0.710. The number of halogens is 2. The first-order valence-electron chi connectivity index (χ1n) is 9.30. The Morgan fingerprint density at radius 2 is 2.04 bits per heavy atom. The molecule has 1 aliphatic carbocycles. The number of alkyl halides is 2. The molecule has 8 heteroatoms. The van der Waals surface area contributed by atoms with Gasteiger partial charge in [-0.3, -0.25) is 19.8 Å². The van der Waals surface area contributed by atoms with E-state index >= 15 is 0 Å². The number of amides is 1. The predicted octanol–water partition coefficient (Wildman–Crippen LogP) is 2.97. The summed E-state index contributed by atoms with van der Waals surface area (Å²) in [5.74, 6) is -2.74. The van der Waals surface area contributed by atoms with Gasteiger partial charge in [0.1, 0.15) is 0 Å². The molecule has 5 rings (SSSR count). The fourth-order valence-corrected chi connectivity index (χ4v) is 3.56. The lowest BCUT2D eigenvalue weighted by Crippen LogP contribution is -2.55. The van der Waals surface area contributed by atoms with Crippen molar-refractivity contribution in [3.05, 3.63) is 47.9 Å². The molecule has 144 valence electrons. The van der Waals surface area contributed by atoms with Crippen molar-refractivity contribution in [1.29, 1.82) is 0 Å². The highest BCUT2D eigenvalue weighted by atomic mass is 19.3. The third-order valence-corrected chi connectivity index (χ3v) is 5.13. The van der Waals surface area contributed by atoms with Crippen LogP contribution >= 0.6 is 0 Å². The van der Waals surface area contributed by atoms with Gasteiger partial charge in [-0.15, -0.1) is 0 Å². The third-order valence-electron chi connectivity index (χ3n) is 5.13. The van der Waals surface area contributed by atoms with Crippen molar-refractivity contribution in [1.82, 2.24) is 25.4 Å². The number of fused-ring (bicyclic) bond motifs is 1. The van der Waals surface area contributed by atoms with E-state index < -0.39 is 5.92 Å². The number of carbonyl (C=O) groups excluding carboxylic acids is 1. The maximum absolute atomic E-state index is 13.0. The molecule has 1 aromatic carbocycles.